The third kappa shape index (κ3) is 5.71. The summed E-state index contributed by atoms with van der Waals surface area (Å²) in [5.74, 6) is 1.39. The Morgan fingerprint density at radius 2 is 1.96 bits per heavy atom. The van der Waals surface area contributed by atoms with Crippen LogP contribution in [0.5, 0.6) is 11.5 Å². The SMILES string of the molecule is CC(C)CC(O)CNC(=O)c1cccc(Oc2ccncc2)c1. The van der Waals surface area contributed by atoms with E-state index >= 15 is 0 Å². The smallest absolute Gasteiger partial charge is 0.251 e. The zero-order valence-corrected chi connectivity index (χ0v) is 13.4. The zero-order chi connectivity index (χ0) is 16.7. The maximum absolute atomic E-state index is 12.2. The fourth-order valence-electron chi connectivity index (χ4n) is 2.18. The number of ether oxygens (including phenoxy) is 1. The molecule has 2 N–H and O–H groups in total. The number of hydrogen-bond donors (Lipinski definition) is 2. The first-order valence-electron chi connectivity index (χ1n) is 7.69. The third-order valence-electron chi connectivity index (χ3n) is 3.22. The van der Waals surface area contributed by atoms with Crippen molar-refractivity contribution in [1.82, 2.24) is 10.3 Å². The van der Waals surface area contributed by atoms with Crippen molar-refractivity contribution in [3.8, 4) is 11.5 Å². The average molecular weight is 314 g/mol. The van der Waals surface area contributed by atoms with E-state index in [1.165, 1.54) is 0 Å². The number of benzene rings is 1. The van der Waals surface area contributed by atoms with Gasteiger partial charge in [-0.25, -0.2) is 0 Å². The van der Waals surface area contributed by atoms with Gasteiger partial charge < -0.3 is 15.2 Å². The Bertz CT molecular complexity index is 629. The Morgan fingerprint density at radius 3 is 2.65 bits per heavy atom. The van der Waals surface area contributed by atoms with Crippen LogP contribution in [0, 0.1) is 5.92 Å². The van der Waals surface area contributed by atoms with Gasteiger partial charge in [0.1, 0.15) is 11.5 Å². The summed E-state index contributed by atoms with van der Waals surface area (Å²) in [5, 5.41) is 12.6. The molecule has 1 aromatic heterocycles. The molecule has 0 saturated carbocycles. The second-order valence-electron chi connectivity index (χ2n) is 5.81. The number of rotatable bonds is 7. The number of aromatic nitrogens is 1. The molecule has 5 heteroatoms. The predicted octanol–water partition coefficient (Wildman–Crippen LogP) is 3.01. The van der Waals surface area contributed by atoms with E-state index in [4.69, 9.17) is 4.74 Å². The fraction of sp³-hybridized carbons (Fsp3) is 0.333. The molecule has 1 heterocycles. The number of pyridine rings is 1. The molecule has 0 aliphatic carbocycles. The van der Waals surface area contributed by atoms with Crippen molar-refractivity contribution in [2.75, 3.05) is 6.54 Å². The van der Waals surface area contributed by atoms with E-state index in [2.05, 4.69) is 10.3 Å². The summed E-state index contributed by atoms with van der Waals surface area (Å²) in [6, 6.07) is 10.4. The highest BCUT2D eigenvalue weighted by Crippen LogP contribution is 2.21. The lowest BCUT2D eigenvalue weighted by Gasteiger charge is -2.14. The molecule has 122 valence electrons. The summed E-state index contributed by atoms with van der Waals surface area (Å²) in [4.78, 5) is 16.1. The Morgan fingerprint density at radius 1 is 1.22 bits per heavy atom. The maximum Gasteiger partial charge on any atom is 0.251 e. The van der Waals surface area contributed by atoms with Crippen LogP contribution >= 0.6 is 0 Å². The standard InChI is InChI=1S/C18H22N2O3/c1-13(2)10-15(21)12-20-18(22)14-4-3-5-17(11-14)23-16-6-8-19-9-7-16/h3-9,11,13,15,21H,10,12H2,1-2H3,(H,20,22). The van der Waals surface area contributed by atoms with Gasteiger partial charge in [-0.15, -0.1) is 0 Å². The average Bonchev–Trinajstić information content (AvgIpc) is 2.53. The molecule has 1 amide bonds. The topological polar surface area (TPSA) is 71.5 Å². The molecule has 0 saturated heterocycles. The molecular formula is C18H22N2O3. The third-order valence-corrected chi connectivity index (χ3v) is 3.22. The van der Waals surface area contributed by atoms with E-state index in [1.54, 1.807) is 48.8 Å². The highest BCUT2D eigenvalue weighted by atomic mass is 16.5. The molecule has 2 aromatic rings. The summed E-state index contributed by atoms with van der Waals surface area (Å²) in [7, 11) is 0. The predicted molar refractivity (Wildman–Crippen MR) is 88.5 cm³/mol. The molecule has 1 aromatic carbocycles. The second-order valence-corrected chi connectivity index (χ2v) is 5.81. The van der Waals surface area contributed by atoms with Gasteiger partial charge in [0.25, 0.3) is 5.91 Å². The Labute approximate surface area is 136 Å². The highest BCUT2D eigenvalue weighted by Gasteiger charge is 2.11. The van der Waals surface area contributed by atoms with Crippen LogP contribution < -0.4 is 10.1 Å². The van der Waals surface area contributed by atoms with Gasteiger partial charge in [0.2, 0.25) is 0 Å². The normalized spacial score (nSPS) is 12.0. The van der Waals surface area contributed by atoms with E-state index in [9.17, 15) is 9.90 Å². The molecule has 0 aliphatic rings. The van der Waals surface area contributed by atoms with Crippen LogP contribution in [0.1, 0.15) is 30.6 Å². The number of nitrogens with zero attached hydrogens (tertiary/aromatic N) is 1. The first kappa shape index (κ1) is 17.0. The Kier molecular flexibility index (Phi) is 6.11. The van der Waals surface area contributed by atoms with Crippen LogP contribution in [-0.2, 0) is 0 Å². The Balaban J connectivity index is 1.95. The molecule has 2 rings (SSSR count). The summed E-state index contributed by atoms with van der Waals surface area (Å²) in [6.07, 6.45) is 3.41. The second kappa shape index (κ2) is 8.29. The van der Waals surface area contributed by atoms with Crippen LogP contribution in [0.2, 0.25) is 0 Å². The molecule has 23 heavy (non-hydrogen) atoms. The number of hydrogen-bond acceptors (Lipinski definition) is 4. The van der Waals surface area contributed by atoms with Gasteiger partial charge in [-0.1, -0.05) is 19.9 Å². The molecule has 1 atom stereocenters. The van der Waals surface area contributed by atoms with Crippen LogP contribution in [-0.4, -0.2) is 28.6 Å². The lowest BCUT2D eigenvalue weighted by Crippen LogP contribution is -2.32. The van der Waals surface area contributed by atoms with Crippen LogP contribution in [0.4, 0.5) is 0 Å². The molecule has 1 unspecified atom stereocenters. The lowest BCUT2D eigenvalue weighted by atomic mass is 10.1. The number of aliphatic hydroxyl groups excluding tert-OH is 1. The number of carbonyl (C=O) groups excluding carboxylic acids is 1. The van der Waals surface area contributed by atoms with Crippen LogP contribution in [0.25, 0.3) is 0 Å². The summed E-state index contributed by atoms with van der Waals surface area (Å²) in [6.45, 7) is 4.31. The van der Waals surface area contributed by atoms with Crippen LogP contribution in [0.15, 0.2) is 48.8 Å². The van der Waals surface area contributed by atoms with E-state index in [0.29, 0.717) is 29.4 Å². The number of carbonyl (C=O) groups is 1. The van der Waals surface area contributed by atoms with Crippen molar-refractivity contribution in [2.24, 2.45) is 5.92 Å². The van der Waals surface area contributed by atoms with E-state index in [-0.39, 0.29) is 12.5 Å². The van der Waals surface area contributed by atoms with E-state index < -0.39 is 6.10 Å². The maximum atomic E-state index is 12.2. The molecule has 5 nitrogen and oxygen atoms in total. The Hall–Kier alpha value is -2.40. The van der Waals surface area contributed by atoms with Crippen molar-refractivity contribution >= 4 is 5.91 Å². The first-order valence-corrected chi connectivity index (χ1v) is 7.69. The minimum Gasteiger partial charge on any atom is -0.457 e. The number of amides is 1. The molecule has 0 fully saturated rings. The molecule has 0 radical (unpaired) electrons. The molecule has 0 bridgehead atoms. The number of aliphatic hydroxyl groups is 1. The van der Waals surface area contributed by atoms with Gasteiger partial charge >= 0.3 is 0 Å². The summed E-state index contributed by atoms with van der Waals surface area (Å²) < 4.78 is 5.68. The van der Waals surface area contributed by atoms with E-state index in [0.717, 1.165) is 0 Å². The van der Waals surface area contributed by atoms with Gasteiger partial charge in [0.05, 0.1) is 6.10 Å². The minimum atomic E-state index is -0.532. The van der Waals surface area contributed by atoms with Crippen molar-refractivity contribution < 1.29 is 14.6 Å². The molecular weight excluding hydrogens is 292 g/mol. The first-order chi connectivity index (χ1) is 11.0. The van der Waals surface area contributed by atoms with Crippen molar-refractivity contribution in [3.05, 3.63) is 54.4 Å². The monoisotopic (exact) mass is 314 g/mol. The highest BCUT2D eigenvalue weighted by molar-refractivity contribution is 5.94. The summed E-state index contributed by atoms with van der Waals surface area (Å²) in [5.41, 5.74) is 0.494. The van der Waals surface area contributed by atoms with Gasteiger partial charge in [0, 0.05) is 24.5 Å². The van der Waals surface area contributed by atoms with Gasteiger partial charge in [-0.2, -0.15) is 0 Å². The van der Waals surface area contributed by atoms with Gasteiger partial charge in [0.15, 0.2) is 0 Å². The van der Waals surface area contributed by atoms with Crippen molar-refractivity contribution in [3.63, 3.8) is 0 Å². The fourth-order valence-corrected chi connectivity index (χ4v) is 2.18. The number of nitrogens with one attached hydrogen (secondary N) is 1. The molecule has 0 spiro atoms. The lowest BCUT2D eigenvalue weighted by molar-refractivity contribution is 0.0900. The molecule has 0 aliphatic heterocycles. The van der Waals surface area contributed by atoms with Crippen molar-refractivity contribution in [1.29, 1.82) is 0 Å². The van der Waals surface area contributed by atoms with Gasteiger partial charge in [-0.05, 0) is 42.7 Å². The summed E-state index contributed by atoms with van der Waals surface area (Å²) >= 11 is 0. The zero-order valence-electron chi connectivity index (χ0n) is 13.4. The van der Waals surface area contributed by atoms with Crippen LogP contribution in [0.3, 0.4) is 0 Å². The minimum absolute atomic E-state index is 0.229. The quantitative estimate of drug-likeness (QED) is 0.824. The van der Waals surface area contributed by atoms with Crippen molar-refractivity contribution in [2.45, 2.75) is 26.4 Å². The van der Waals surface area contributed by atoms with E-state index in [1.807, 2.05) is 13.8 Å². The van der Waals surface area contributed by atoms with Gasteiger partial charge in [-0.3, -0.25) is 9.78 Å². The largest absolute Gasteiger partial charge is 0.457 e.